The number of carboxylic acids is 1. The van der Waals surface area contributed by atoms with E-state index in [2.05, 4.69) is 4.98 Å². The van der Waals surface area contributed by atoms with Gasteiger partial charge in [-0.25, -0.2) is 9.78 Å². The van der Waals surface area contributed by atoms with Gasteiger partial charge in [-0.2, -0.15) is 8.78 Å². The van der Waals surface area contributed by atoms with Gasteiger partial charge in [-0.05, 0) is 30.7 Å². The Bertz CT molecular complexity index is 635. The molecule has 0 aliphatic rings. The second-order valence-corrected chi connectivity index (χ2v) is 4.64. The SMILES string of the molecule is O=C(O)c1ccc2oc(SCCC=C(F)F)nc2c1. The van der Waals surface area contributed by atoms with E-state index in [0.717, 1.165) is 6.08 Å². The van der Waals surface area contributed by atoms with Crippen molar-refractivity contribution in [3.63, 3.8) is 0 Å². The minimum Gasteiger partial charge on any atom is -0.478 e. The van der Waals surface area contributed by atoms with Gasteiger partial charge in [0.1, 0.15) is 5.52 Å². The average Bonchev–Trinajstić information content (AvgIpc) is 2.75. The van der Waals surface area contributed by atoms with E-state index in [0.29, 0.717) is 22.1 Å². The number of thioether (sulfide) groups is 1. The van der Waals surface area contributed by atoms with Crippen LogP contribution in [-0.2, 0) is 0 Å². The van der Waals surface area contributed by atoms with Crippen LogP contribution in [0.5, 0.6) is 0 Å². The smallest absolute Gasteiger partial charge is 0.335 e. The van der Waals surface area contributed by atoms with E-state index in [1.54, 1.807) is 0 Å². The number of allylic oxidation sites excluding steroid dienone is 1. The number of oxazole rings is 1. The van der Waals surface area contributed by atoms with Crippen LogP contribution in [0.4, 0.5) is 8.78 Å². The lowest BCUT2D eigenvalue weighted by atomic mass is 10.2. The van der Waals surface area contributed by atoms with Gasteiger partial charge >= 0.3 is 5.97 Å². The molecule has 0 aliphatic carbocycles. The summed E-state index contributed by atoms with van der Waals surface area (Å²) in [5, 5.41) is 9.17. The molecule has 0 unspecified atom stereocenters. The Morgan fingerprint density at radius 3 is 2.95 bits per heavy atom. The molecule has 0 radical (unpaired) electrons. The van der Waals surface area contributed by atoms with Crippen molar-refractivity contribution in [2.45, 2.75) is 11.6 Å². The van der Waals surface area contributed by atoms with E-state index < -0.39 is 12.0 Å². The molecule has 19 heavy (non-hydrogen) atoms. The Labute approximate surface area is 111 Å². The number of aromatic nitrogens is 1. The summed E-state index contributed by atoms with van der Waals surface area (Å²) in [4.78, 5) is 14.9. The highest BCUT2D eigenvalue weighted by atomic mass is 32.2. The van der Waals surface area contributed by atoms with Crippen molar-refractivity contribution in [1.29, 1.82) is 0 Å². The van der Waals surface area contributed by atoms with Crippen molar-refractivity contribution in [2.24, 2.45) is 0 Å². The maximum absolute atomic E-state index is 11.8. The van der Waals surface area contributed by atoms with Crippen molar-refractivity contribution in [2.75, 3.05) is 5.75 Å². The summed E-state index contributed by atoms with van der Waals surface area (Å²) < 4.78 is 29.0. The van der Waals surface area contributed by atoms with Crippen molar-refractivity contribution in [3.8, 4) is 0 Å². The van der Waals surface area contributed by atoms with Crippen LogP contribution in [0.25, 0.3) is 11.1 Å². The highest BCUT2D eigenvalue weighted by molar-refractivity contribution is 7.99. The van der Waals surface area contributed by atoms with E-state index in [4.69, 9.17) is 9.52 Å². The van der Waals surface area contributed by atoms with Gasteiger partial charge in [-0.3, -0.25) is 0 Å². The quantitative estimate of drug-likeness (QED) is 0.669. The lowest BCUT2D eigenvalue weighted by Crippen LogP contribution is -1.94. The molecule has 0 spiro atoms. The van der Waals surface area contributed by atoms with Gasteiger partial charge in [0.2, 0.25) is 0 Å². The van der Waals surface area contributed by atoms with Crippen molar-refractivity contribution < 1.29 is 23.1 Å². The van der Waals surface area contributed by atoms with Gasteiger partial charge in [0, 0.05) is 5.75 Å². The normalized spacial score (nSPS) is 10.6. The Balaban J connectivity index is 2.09. The summed E-state index contributed by atoms with van der Waals surface area (Å²) in [7, 11) is 0. The fourth-order valence-electron chi connectivity index (χ4n) is 1.42. The first-order valence-electron chi connectivity index (χ1n) is 5.34. The lowest BCUT2D eigenvalue weighted by molar-refractivity contribution is 0.0697. The fraction of sp³-hybridized carbons (Fsp3) is 0.167. The van der Waals surface area contributed by atoms with Crippen LogP contribution in [0.1, 0.15) is 16.8 Å². The van der Waals surface area contributed by atoms with Gasteiger partial charge in [-0.1, -0.05) is 11.8 Å². The molecule has 7 heteroatoms. The van der Waals surface area contributed by atoms with Crippen LogP contribution in [0, 0.1) is 0 Å². The first-order chi connectivity index (χ1) is 9.06. The summed E-state index contributed by atoms with van der Waals surface area (Å²) >= 11 is 1.20. The third-order valence-corrected chi connectivity index (χ3v) is 3.12. The van der Waals surface area contributed by atoms with Gasteiger partial charge in [0.25, 0.3) is 11.3 Å². The second-order valence-electron chi connectivity index (χ2n) is 3.60. The Kier molecular flexibility index (Phi) is 4.16. The number of rotatable bonds is 5. The number of benzene rings is 1. The summed E-state index contributed by atoms with van der Waals surface area (Å²) in [5.41, 5.74) is 1.04. The third-order valence-electron chi connectivity index (χ3n) is 2.26. The van der Waals surface area contributed by atoms with Crippen LogP contribution in [0.2, 0.25) is 0 Å². The van der Waals surface area contributed by atoms with Gasteiger partial charge in [0.05, 0.1) is 5.56 Å². The zero-order chi connectivity index (χ0) is 13.8. The summed E-state index contributed by atoms with van der Waals surface area (Å²) in [5.74, 6) is -0.627. The highest BCUT2D eigenvalue weighted by Gasteiger charge is 2.09. The van der Waals surface area contributed by atoms with E-state index >= 15 is 0 Å². The molecule has 0 saturated carbocycles. The topological polar surface area (TPSA) is 63.3 Å². The molecule has 2 rings (SSSR count). The number of nitrogens with zero attached hydrogens (tertiary/aromatic N) is 1. The third kappa shape index (κ3) is 3.54. The van der Waals surface area contributed by atoms with Crippen LogP contribution in [0.3, 0.4) is 0 Å². The Morgan fingerprint density at radius 2 is 2.26 bits per heavy atom. The number of hydrogen-bond acceptors (Lipinski definition) is 4. The van der Waals surface area contributed by atoms with Crippen LogP contribution >= 0.6 is 11.8 Å². The number of hydrogen-bond donors (Lipinski definition) is 1. The first kappa shape index (κ1) is 13.5. The average molecular weight is 285 g/mol. The van der Waals surface area contributed by atoms with Crippen molar-refractivity contribution in [1.82, 2.24) is 4.98 Å². The number of carboxylic acid groups (broad SMARTS) is 1. The summed E-state index contributed by atoms with van der Waals surface area (Å²) in [6.07, 6.45) is -0.658. The van der Waals surface area contributed by atoms with E-state index in [9.17, 15) is 13.6 Å². The molecule has 0 fully saturated rings. The summed E-state index contributed by atoms with van der Waals surface area (Å²) in [6, 6.07) is 4.36. The Morgan fingerprint density at radius 1 is 1.47 bits per heavy atom. The zero-order valence-corrected chi connectivity index (χ0v) is 10.4. The number of halogens is 2. The number of fused-ring (bicyclic) bond motifs is 1. The first-order valence-corrected chi connectivity index (χ1v) is 6.32. The molecule has 2 aromatic rings. The largest absolute Gasteiger partial charge is 0.478 e. The molecule has 0 saturated heterocycles. The molecule has 1 heterocycles. The predicted molar refractivity (Wildman–Crippen MR) is 66.6 cm³/mol. The molecular weight excluding hydrogens is 276 g/mol. The molecule has 0 amide bonds. The van der Waals surface area contributed by atoms with E-state index in [1.165, 1.54) is 30.0 Å². The maximum Gasteiger partial charge on any atom is 0.335 e. The zero-order valence-electron chi connectivity index (χ0n) is 9.60. The van der Waals surface area contributed by atoms with Crippen molar-refractivity contribution in [3.05, 3.63) is 35.9 Å². The lowest BCUT2D eigenvalue weighted by Gasteiger charge is -1.91. The van der Waals surface area contributed by atoms with Crippen LogP contribution < -0.4 is 0 Å². The van der Waals surface area contributed by atoms with E-state index in [-0.39, 0.29) is 12.0 Å². The minimum atomic E-state index is -1.70. The number of aromatic carboxylic acids is 1. The molecule has 4 nitrogen and oxygen atoms in total. The van der Waals surface area contributed by atoms with Crippen LogP contribution in [0.15, 0.2) is 40.0 Å². The molecule has 1 aromatic carbocycles. The monoisotopic (exact) mass is 285 g/mol. The molecule has 0 atom stereocenters. The standard InChI is InChI=1S/C12H9F2NO3S/c13-10(14)2-1-5-19-12-15-8-6-7(11(16)17)3-4-9(8)18-12/h2-4,6H,1,5H2,(H,16,17). The Hall–Kier alpha value is -1.89. The highest BCUT2D eigenvalue weighted by Crippen LogP contribution is 2.24. The van der Waals surface area contributed by atoms with Crippen molar-refractivity contribution >= 4 is 28.8 Å². The molecular formula is C12H9F2NO3S. The van der Waals surface area contributed by atoms with Gasteiger partial charge < -0.3 is 9.52 Å². The molecule has 1 N–H and O–H groups in total. The van der Waals surface area contributed by atoms with Crippen LogP contribution in [-0.4, -0.2) is 21.8 Å². The predicted octanol–water partition coefficient (Wildman–Crippen LogP) is 3.79. The van der Waals surface area contributed by atoms with Gasteiger partial charge in [-0.15, -0.1) is 0 Å². The minimum absolute atomic E-state index is 0.125. The molecule has 0 aliphatic heterocycles. The summed E-state index contributed by atoms with van der Waals surface area (Å²) in [6.45, 7) is 0. The maximum atomic E-state index is 11.8. The second kappa shape index (κ2) is 5.83. The molecule has 100 valence electrons. The molecule has 1 aromatic heterocycles. The van der Waals surface area contributed by atoms with Gasteiger partial charge in [0.15, 0.2) is 5.58 Å². The molecule has 0 bridgehead atoms. The van der Waals surface area contributed by atoms with E-state index in [1.807, 2.05) is 0 Å². The number of carbonyl (C=O) groups is 1. The fourth-order valence-corrected chi connectivity index (χ4v) is 2.14.